The van der Waals surface area contributed by atoms with E-state index in [1.807, 2.05) is 0 Å². The van der Waals surface area contributed by atoms with Crippen molar-refractivity contribution < 1.29 is 4.74 Å². The van der Waals surface area contributed by atoms with E-state index in [0.717, 1.165) is 12.4 Å². The summed E-state index contributed by atoms with van der Waals surface area (Å²) in [7, 11) is 0. The molecule has 2 unspecified atom stereocenters. The Morgan fingerprint density at radius 1 is 1.22 bits per heavy atom. The summed E-state index contributed by atoms with van der Waals surface area (Å²) in [5, 5.41) is 3.87. The monoisotopic (exact) mass is 263 g/mol. The fourth-order valence-corrected chi connectivity index (χ4v) is 3.97. The smallest absolute Gasteiger partial charge is 0.124 e. The quantitative estimate of drug-likeness (QED) is 0.885. The molecule has 1 aromatic carbocycles. The number of hydrogen-bond acceptors (Lipinski definition) is 3. The number of nitrogens with one attached hydrogen (secondary N) is 1. The minimum absolute atomic E-state index is 0.461. The normalized spacial score (nSPS) is 28.5. The van der Waals surface area contributed by atoms with E-state index in [4.69, 9.17) is 4.74 Å². The van der Waals surface area contributed by atoms with Gasteiger partial charge in [0.05, 0.1) is 6.61 Å². The van der Waals surface area contributed by atoms with Crippen LogP contribution in [0.15, 0.2) is 24.3 Å². The summed E-state index contributed by atoms with van der Waals surface area (Å²) in [4.78, 5) is 0. The van der Waals surface area contributed by atoms with Crippen LogP contribution >= 0.6 is 11.8 Å². The molecule has 1 N–H and O–H groups in total. The average Bonchev–Trinajstić information content (AvgIpc) is 2.43. The maximum atomic E-state index is 5.81. The Morgan fingerprint density at radius 3 is 2.83 bits per heavy atom. The van der Waals surface area contributed by atoms with Crippen molar-refractivity contribution in [2.75, 3.05) is 18.1 Å². The molecule has 0 radical (unpaired) electrons. The van der Waals surface area contributed by atoms with Crippen LogP contribution in [-0.2, 0) is 0 Å². The fraction of sp³-hybridized carbons (Fsp3) is 0.600. The van der Waals surface area contributed by atoms with Crippen molar-refractivity contribution in [2.45, 2.75) is 31.8 Å². The van der Waals surface area contributed by atoms with E-state index in [0.29, 0.717) is 18.0 Å². The highest BCUT2D eigenvalue weighted by Gasteiger charge is 2.29. The molecule has 1 saturated heterocycles. The first-order chi connectivity index (χ1) is 8.84. The van der Waals surface area contributed by atoms with E-state index in [1.54, 1.807) is 0 Å². The van der Waals surface area contributed by atoms with Crippen LogP contribution in [0.5, 0.6) is 5.75 Å². The Balaban J connectivity index is 1.77. The lowest BCUT2D eigenvalue weighted by Crippen LogP contribution is -2.41. The van der Waals surface area contributed by atoms with Crippen LogP contribution in [0.3, 0.4) is 0 Å². The molecule has 18 heavy (non-hydrogen) atoms. The number of hydrogen-bond donors (Lipinski definition) is 1. The largest absolute Gasteiger partial charge is 0.493 e. The molecule has 2 aliphatic heterocycles. The third-order valence-electron chi connectivity index (χ3n) is 3.96. The van der Waals surface area contributed by atoms with Gasteiger partial charge >= 0.3 is 0 Å². The van der Waals surface area contributed by atoms with Crippen molar-refractivity contribution in [2.24, 2.45) is 5.92 Å². The molecule has 0 aliphatic carbocycles. The lowest BCUT2D eigenvalue weighted by molar-refractivity contribution is 0.178. The standard InChI is InChI=1S/C15H21NOS/c1-11-10-17-14-5-3-2-4-13(14)15(11)16-12-6-8-18-9-7-12/h2-5,11-12,15-16H,6-10H2,1H3. The van der Waals surface area contributed by atoms with Gasteiger partial charge in [-0.15, -0.1) is 0 Å². The minimum Gasteiger partial charge on any atom is -0.493 e. The van der Waals surface area contributed by atoms with E-state index >= 15 is 0 Å². The first-order valence-electron chi connectivity index (χ1n) is 6.90. The van der Waals surface area contributed by atoms with Crippen molar-refractivity contribution in [3.63, 3.8) is 0 Å². The van der Waals surface area contributed by atoms with Crippen LogP contribution in [0, 0.1) is 5.92 Å². The predicted molar refractivity (Wildman–Crippen MR) is 77.3 cm³/mol. The second-order valence-electron chi connectivity index (χ2n) is 5.36. The summed E-state index contributed by atoms with van der Waals surface area (Å²) in [6.07, 6.45) is 2.60. The lowest BCUT2D eigenvalue weighted by Gasteiger charge is -2.36. The van der Waals surface area contributed by atoms with Crippen LogP contribution in [0.25, 0.3) is 0 Å². The Hall–Kier alpha value is -0.670. The lowest BCUT2D eigenvalue weighted by atomic mass is 9.91. The maximum Gasteiger partial charge on any atom is 0.124 e. The summed E-state index contributed by atoms with van der Waals surface area (Å²) < 4.78 is 5.81. The van der Waals surface area contributed by atoms with Gasteiger partial charge in [0.25, 0.3) is 0 Å². The number of thioether (sulfide) groups is 1. The molecular weight excluding hydrogens is 242 g/mol. The number of rotatable bonds is 2. The van der Waals surface area contributed by atoms with Crippen LogP contribution in [0.1, 0.15) is 31.4 Å². The van der Waals surface area contributed by atoms with Crippen molar-refractivity contribution in [3.8, 4) is 5.75 Å². The van der Waals surface area contributed by atoms with Gasteiger partial charge in [0.1, 0.15) is 5.75 Å². The van der Waals surface area contributed by atoms with Gasteiger partial charge in [-0.1, -0.05) is 25.1 Å². The minimum atomic E-state index is 0.461. The van der Waals surface area contributed by atoms with Crippen LogP contribution < -0.4 is 10.1 Å². The molecule has 1 fully saturated rings. The Morgan fingerprint density at radius 2 is 2.00 bits per heavy atom. The third kappa shape index (κ3) is 2.52. The van der Waals surface area contributed by atoms with Crippen molar-refractivity contribution in [1.29, 1.82) is 0 Å². The molecule has 0 spiro atoms. The van der Waals surface area contributed by atoms with E-state index in [-0.39, 0.29) is 0 Å². The van der Waals surface area contributed by atoms with Gasteiger partial charge in [0.15, 0.2) is 0 Å². The van der Waals surface area contributed by atoms with Crippen molar-refractivity contribution >= 4 is 11.8 Å². The number of ether oxygens (including phenoxy) is 1. The molecule has 2 heterocycles. The molecule has 98 valence electrons. The second kappa shape index (κ2) is 5.54. The van der Waals surface area contributed by atoms with Gasteiger partial charge in [-0.3, -0.25) is 0 Å². The highest BCUT2D eigenvalue weighted by Crippen LogP contribution is 2.36. The fourth-order valence-electron chi connectivity index (χ4n) is 2.87. The summed E-state index contributed by atoms with van der Waals surface area (Å²) in [6.45, 7) is 3.11. The van der Waals surface area contributed by atoms with Crippen LogP contribution in [0.2, 0.25) is 0 Å². The van der Waals surface area contributed by atoms with Gasteiger partial charge in [-0.2, -0.15) is 11.8 Å². The zero-order chi connectivity index (χ0) is 12.4. The molecule has 2 nitrogen and oxygen atoms in total. The molecule has 3 heteroatoms. The van der Waals surface area contributed by atoms with Gasteiger partial charge in [0, 0.05) is 23.6 Å². The molecule has 0 bridgehead atoms. The Kier molecular flexibility index (Phi) is 3.80. The van der Waals surface area contributed by atoms with E-state index in [9.17, 15) is 0 Å². The predicted octanol–water partition coefficient (Wildman–Crippen LogP) is 3.24. The summed E-state index contributed by atoms with van der Waals surface area (Å²) in [6, 6.07) is 9.62. The zero-order valence-corrected chi connectivity index (χ0v) is 11.7. The van der Waals surface area contributed by atoms with Crippen LogP contribution in [0.4, 0.5) is 0 Å². The molecule has 2 aliphatic rings. The molecule has 3 rings (SSSR count). The zero-order valence-electron chi connectivity index (χ0n) is 10.9. The molecule has 2 atom stereocenters. The first-order valence-corrected chi connectivity index (χ1v) is 8.05. The van der Waals surface area contributed by atoms with Crippen LogP contribution in [-0.4, -0.2) is 24.2 Å². The number of benzene rings is 1. The van der Waals surface area contributed by atoms with Gasteiger partial charge in [-0.25, -0.2) is 0 Å². The Labute approximate surface area is 113 Å². The molecule has 0 amide bonds. The summed E-state index contributed by atoms with van der Waals surface area (Å²) >= 11 is 2.08. The van der Waals surface area contributed by atoms with Gasteiger partial charge < -0.3 is 10.1 Å². The highest BCUT2D eigenvalue weighted by atomic mass is 32.2. The van der Waals surface area contributed by atoms with Crippen molar-refractivity contribution in [1.82, 2.24) is 5.32 Å². The Bertz CT molecular complexity index is 403. The maximum absolute atomic E-state index is 5.81. The number of fused-ring (bicyclic) bond motifs is 1. The summed E-state index contributed by atoms with van der Waals surface area (Å²) in [5.41, 5.74) is 1.34. The topological polar surface area (TPSA) is 21.3 Å². The van der Waals surface area contributed by atoms with Gasteiger partial charge in [-0.05, 0) is 30.4 Å². The summed E-state index contributed by atoms with van der Waals surface area (Å²) in [5.74, 6) is 4.22. The van der Waals surface area contributed by atoms with E-state index in [1.165, 1.54) is 29.9 Å². The second-order valence-corrected chi connectivity index (χ2v) is 6.58. The third-order valence-corrected chi connectivity index (χ3v) is 5.01. The number of para-hydroxylation sites is 1. The average molecular weight is 263 g/mol. The SMILES string of the molecule is CC1COc2ccccc2C1NC1CCSCC1. The molecular formula is C15H21NOS. The van der Waals surface area contributed by atoms with E-state index < -0.39 is 0 Å². The first kappa shape index (κ1) is 12.4. The molecule has 0 saturated carbocycles. The molecule has 1 aromatic rings. The van der Waals surface area contributed by atoms with Crippen molar-refractivity contribution in [3.05, 3.63) is 29.8 Å². The van der Waals surface area contributed by atoms with E-state index in [2.05, 4.69) is 48.3 Å². The molecule has 0 aromatic heterocycles. The highest BCUT2D eigenvalue weighted by molar-refractivity contribution is 7.99. The van der Waals surface area contributed by atoms with Gasteiger partial charge in [0.2, 0.25) is 0 Å².